The van der Waals surface area contributed by atoms with E-state index in [1.54, 1.807) is 11.3 Å². The van der Waals surface area contributed by atoms with Crippen molar-refractivity contribution in [2.75, 3.05) is 0 Å². The van der Waals surface area contributed by atoms with Gasteiger partial charge in [-0.15, -0.1) is 11.3 Å². The molecular formula is C16H21FN2S. The number of hydrogen-bond donors (Lipinski definition) is 1. The number of rotatable bonds is 7. The molecule has 1 N–H and O–H groups in total. The molecule has 0 saturated carbocycles. The first-order valence-electron chi connectivity index (χ1n) is 7.08. The highest BCUT2D eigenvalue weighted by Crippen LogP contribution is 2.21. The molecule has 0 fully saturated rings. The third-order valence-electron chi connectivity index (χ3n) is 3.47. The van der Waals surface area contributed by atoms with E-state index in [0.29, 0.717) is 0 Å². The van der Waals surface area contributed by atoms with Gasteiger partial charge < -0.3 is 5.32 Å². The second-order valence-electron chi connectivity index (χ2n) is 4.99. The molecule has 2 rings (SSSR count). The SMILES string of the molecule is CCCCC(NCc1scnc1C)c1ccc(F)cc1. The maximum Gasteiger partial charge on any atom is 0.123 e. The molecule has 0 saturated heterocycles. The zero-order valence-corrected chi connectivity index (χ0v) is 12.8. The van der Waals surface area contributed by atoms with Gasteiger partial charge in [-0.2, -0.15) is 0 Å². The van der Waals surface area contributed by atoms with Crippen molar-refractivity contribution in [2.45, 2.75) is 45.7 Å². The van der Waals surface area contributed by atoms with Gasteiger partial charge in [0.05, 0.1) is 11.2 Å². The fourth-order valence-corrected chi connectivity index (χ4v) is 2.93. The van der Waals surface area contributed by atoms with E-state index in [1.807, 2.05) is 24.6 Å². The van der Waals surface area contributed by atoms with Crippen molar-refractivity contribution in [2.24, 2.45) is 0 Å². The van der Waals surface area contributed by atoms with Crippen LogP contribution in [-0.2, 0) is 6.54 Å². The van der Waals surface area contributed by atoms with Gasteiger partial charge in [0, 0.05) is 17.5 Å². The van der Waals surface area contributed by atoms with Crippen LogP contribution in [0, 0.1) is 12.7 Å². The Labute approximate surface area is 124 Å². The normalized spacial score (nSPS) is 12.6. The van der Waals surface area contributed by atoms with E-state index < -0.39 is 0 Å². The van der Waals surface area contributed by atoms with Crippen LogP contribution in [0.2, 0.25) is 0 Å². The molecule has 0 aliphatic heterocycles. The summed E-state index contributed by atoms with van der Waals surface area (Å²) in [6.07, 6.45) is 3.40. The van der Waals surface area contributed by atoms with E-state index in [1.165, 1.54) is 23.4 Å². The molecule has 1 heterocycles. The van der Waals surface area contributed by atoms with E-state index in [-0.39, 0.29) is 11.9 Å². The minimum atomic E-state index is -0.179. The van der Waals surface area contributed by atoms with Gasteiger partial charge in [0.15, 0.2) is 0 Å². The molecule has 0 amide bonds. The topological polar surface area (TPSA) is 24.9 Å². The number of nitrogens with one attached hydrogen (secondary N) is 1. The standard InChI is InChI=1S/C16H21FN2S/c1-3-4-5-15(13-6-8-14(17)9-7-13)18-10-16-12(2)19-11-20-16/h6-9,11,15,18H,3-5,10H2,1-2H3. The Kier molecular flexibility index (Phi) is 5.68. The molecule has 0 aliphatic rings. The third-order valence-corrected chi connectivity index (χ3v) is 4.41. The molecule has 108 valence electrons. The molecule has 4 heteroatoms. The highest BCUT2D eigenvalue weighted by Gasteiger charge is 2.12. The number of nitrogens with zero attached hydrogens (tertiary/aromatic N) is 1. The average Bonchev–Trinajstić information content (AvgIpc) is 2.86. The number of halogens is 1. The molecule has 1 aromatic carbocycles. The summed E-state index contributed by atoms with van der Waals surface area (Å²) in [7, 11) is 0. The first kappa shape index (κ1) is 15.1. The second kappa shape index (κ2) is 7.50. The molecule has 2 aromatic rings. The largest absolute Gasteiger partial charge is 0.305 e. The lowest BCUT2D eigenvalue weighted by Gasteiger charge is -2.19. The van der Waals surface area contributed by atoms with Gasteiger partial charge >= 0.3 is 0 Å². The van der Waals surface area contributed by atoms with E-state index in [2.05, 4.69) is 17.2 Å². The van der Waals surface area contributed by atoms with Crippen LogP contribution in [0.4, 0.5) is 4.39 Å². The number of aryl methyl sites for hydroxylation is 1. The smallest absolute Gasteiger partial charge is 0.123 e. The maximum absolute atomic E-state index is 13.0. The van der Waals surface area contributed by atoms with Crippen molar-refractivity contribution in [1.82, 2.24) is 10.3 Å². The summed E-state index contributed by atoms with van der Waals surface area (Å²) < 4.78 is 13.0. The Bertz CT molecular complexity index is 522. The van der Waals surface area contributed by atoms with E-state index >= 15 is 0 Å². The van der Waals surface area contributed by atoms with Crippen LogP contribution in [0.25, 0.3) is 0 Å². The first-order chi connectivity index (χ1) is 9.70. The summed E-state index contributed by atoms with van der Waals surface area (Å²) in [4.78, 5) is 5.54. The van der Waals surface area contributed by atoms with Crippen molar-refractivity contribution in [3.05, 3.63) is 51.7 Å². The third kappa shape index (κ3) is 4.12. The maximum atomic E-state index is 13.0. The van der Waals surface area contributed by atoms with E-state index in [9.17, 15) is 4.39 Å². The Balaban J connectivity index is 2.03. The zero-order chi connectivity index (χ0) is 14.4. The fraction of sp³-hybridized carbons (Fsp3) is 0.438. The summed E-state index contributed by atoms with van der Waals surface area (Å²) in [5.74, 6) is -0.179. The molecule has 0 radical (unpaired) electrons. The van der Waals surface area contributed by atoms with Gasteiger partial charge in [0.2, 0.25) is 0 Å². The van der Waals surface area contributed by atoms with Crippen LogP contribution in [0.3, 0.4) is 0 Å². The van der Waals surface area contributed by atoms with Gasteiger partial charge in [-0.25, -0.2) is 9.37 Å². The molecule has 1 atom stereocenters. The van der Waals surface area contributed by atoms with Crippen LogP contribution in [0.1, 0.15) is 48.4 Å². The first-order valence-corrected chi connectivity index (χ1v) is 7.96. The molecule has 0 spiro atoms. The molecule has 0 bridgehead atoms. The number of hydrogen-bond acceptors (Lipinski definition) is 3. The summed E-state index contributed by atoms with van der Waals surface area (Å²) in [5.41, 5.74) is 4.13. The Morgan fingerprint density at radius 3 is 2.65 bits per heavy atom. The minimum Gasteiger partial charge on any atom is -0.305 e. The molecule has 0 aliphatic carbocycles. The summed E-state index contributed by atoms with van der Waals surface area (Å²) in [6, 6.07) is 7.10. The highest BCUT2D eigenvalue weighted by atomic mass is 32.1. The van der Waals surface area contributed by atoms with Gasteiger partial charge in [-0.1, -0.05) is 31.9 Å². The van der Waals surface area contributed by atoms with Crippen molar-refractivity contribution in [1.29, 1.82) is 0 Å². The predicted octanol–water partition coefficient (Wildman–Crippen LogP) is 4.61. The number of benzene rings is 1. The van der Waals surface area contributed by atoms with Crippen molar-refractivity contribution >= 4 is 11.3 Å². The quantitative estimate of drug-likeness (QED) is 0.806. The van der Waals surface area contributed by atoms with Crippen LogP contribution in [-0.4, -0.2) is 4.98 Å². The second-order valence-corrected chi connectivity index (χ2v) is 5.93. The monoisotopic (exact) mass is 292 g/mol. The molecular weight excluding hydrogens is 271 g/mol. The number of aromatic nitrogens is 1. The fourth-order valence-electron chi connectivity index (χ4n) is 2.20. The molecule has 2 nitrogen and oxygen atoms in total. The van der Waals surface area contributed by atoms with Crippen LogP contribution < -0.4 is 5.32 Å². The highest BCUT2D eigenvalue weighted by molar-refractivity contribution is 7.09. The van der Waals surface area contributed by atoms with Gasteiger partial charge in [0.1, 0.15) is 5.82 Å². The van der Waals surface area contributed by atoms with E-state index in [0.717, 1.165) is 30.6 Å². The summed E-state index contributed by atoms with van der Waals surface area (Å²) in [6.45, 7) is 5.05. The number of unbranched alkanes of at least 4 members (excludes halogenated alkanes) is 1. The average molecular weight is 292 g/mol. The molecule has 20 heavy (non-hydrogen) atoms. The predicted molar refractivity (Wildman–Crippen MR) is 82.4 cm³/mol. The lowest BCUT2D eigenvalue weighted by molar-refractivity contribution is 0.481. The van der Waals surface area contributed by atoms with Crippen molar-refractivity contribution in [3.8, 4) is 0 Å². The molecule has 1 unspecified atom stereocenters. The Morgan fingerprint density at radius 1 is 1.30 bits per heavy atom. The molecule has 1 aromatic heterocycles. The van der Waals surface area contributed by atoms with Gasteiger partial charge in [0.25, 0.3) is 0 Å². The number of thiazole rings is 1. The lowest BCUT2D eigenvalue weighted by Crippen LogP contribution is -2.21. The van der Waals surface area contributed by atoms with Gasteiger partial charge in [-0.05, 0) is 31.0 Å². The Hall–Kier alpha value is -1.26. The van der Waals surface area contributed by atoms with Crippen molar-refractivity contribution < 1.29 is 4.39 Å². The summed E-state index contributed by atoms with van der Waals surface area (Å²) >= 11 is 1.68. The minimum absolute atomic E-state index is 0.179. The van der Waals surface area contributed by atoms with Gasteiger partial charge in [-0.3, -0.25) is 0 Å². The summed E-state index contributed by atoms with van der Waals surface area (Å²) in [5, 5.41) is 3.58. The Morgan fingerprint density at radius 2 is 2.05 bits per heavy atom. The lowest BCUT2D eigenvalue weighted by atomic mass is 10.0. The van der Waals surface area contributed by atoms with Crippen LogP contribution in [0.5, 0.6) is 0 Å². The van der Waals surface area contributed by atoms with Crippen molar-refractivity contribution in [3.63, 3.8) is 0 Å². The van der Waals surface area contributed by atoms with Crippen LogP contribution in [0.15, 0.2) is 29.8 Å². The zero-order valence-electron chi connectivity index (χ0n) is 12.0. The van der Waals surface area contributed by atoms with E-state index in [4.69, 9.17) is 0 Å². The van der Waals surface area contributed by atoms with Crippen LogP contribution >= 0.6 is 11.3 Å².